The first-order valence-corrected chi connectivity index (χ1v) is 9.51. The van der Waals surface area contributed by atoms with Crippen molar-refractivity contribution in [3.8, 4) is 0 Å². The van der Waals surface area contributed by atoms with Gasteiger partial charge >= 0.3 is 6.03 Å². The highest BCUT2D eigenvalue weighted by Crippen LogP contribution is 2.20. The van der Waals surface area contributed by atoms with Crippen LogP contribution in [-0.2, 0) is 4.79 Å². The van der Waals surface area contributed by atoms with Gasteiger partial charge in [-0.25, -0.2) is 4.79 Å². The van der Waals surface area contributed by atoms with Crippen molar-refractivity contribution in [2.24, 2.45) is 11.7 Å². The Kier molecular flexibility index (Phi) is 9.06. The molecule has 0 aromatic heterocycles. The highest BCUT2D eigenvalue weighted by atomic mass is 35.5. The lowest BCUT2D eigenvalue weighted by molar-refractivity contribution is -0.138. The van der Waals surface area contributed by atoms with Crippen molar-refractivity contribution in [2.75, 3.05) is 25.0 Å². The number of benzene rings is 1. The van der Waals surface area contributed by atoms with Gasteiger partial charge in [0.15, 0.2) is 0 Å². The lowest BCUT2D eigenvalue weighted by Gasteiger charge is -2.37. The van der Waals surface area contributed by atoms with Crippen LogP contribution in [0.5, 0.6) is 0 Å². The summed E-state index contributed by atoms with van der Waals surface area (Å²) >= 11 is 0. The molecule has 6 nitrogen and oxygen atoms in total. The van der Waals surface area contributed by atoms with Gasteiger partial charge in [-0.05, 0) is 51.2 Å². The smallest absolute Gasteiger partial charge is 0.319 e. The third-order valence-corrected chi connectivity index (χ3v) is 4.92. The number of nitrogens with zero attached hydrogens (tertiary/aromatic N) is 1. The average Bonchev–Trinajstić information content (AvgIpc) is 2.61. The van der Waals surface area contributed by atoms with Crippen LogP contribution < -0.4 is 16.4 Å². The largest absolute Gasteiger partial charge is 0.341 e. The summed E-state index contributed by atoms with van der Waals surface area (Å²) in [7, 11) is 0. The molecule has 0 spiro atoms. The molecular weight excluding hydrogens is 364 g/mol. The molecule has 2 atom stereocenters. The van der Waals surface area contributed by atoms with E-state index in [0.717, 1.165) is 37.1 Å². The summed E-state index contributed by atoms with van der Waals surface area (Å²) in [5.74, 6) is 0.280. The van der Waals surface area contributed by atoms with Crippen molar-refractivity contribution >= 4 is 30.0 Å². The number of amides is 3. The Bertz CT molecular complexity index is 619. The molecule has 1 aliphatic heterocycles. The Morgan fingerprint density at radius 1 is 1.30 bits per heavy atom. The Hall–Kier alpha value is -1.79. The van der Waals surface area contributed by atoms with Crippen LogP contribution in [0, 0.1) is 12.8 Å². The summed E-state index contributed by atoms with van der Waals surface area (Å²) in [5.41, 5.74) is 7.32. The summed E-state index contributed by atoms with van der Waals surface area (Å²) < 4.78 is 0. The summed E-state index contributed by atoms with van der Waals surface area (Å²) in [6.07, 6.45) is 3.52. The molecule has 0 radical (unpaired) electrons. The first-order valence-electron chi connectivity index (χ1n) is 9.51. The van der Waals surface area contributed by atoms with E-state index in [1.807, 2.05) is 49.9 Å². The van der Waals surface area contributed by atoms with E-state index >= 15 is 0 Å². The molecule has 3 amide bonds. The minimum atomic E-state index is -0.799. The maximum Gasteiger partial charge on any atom is 0.319 e. The monoisotopic (exact) mass is 396 g/mol. The first-order chi connectivity index (χ1) is 12.3. The van der Waals surface area contributed by atoms with Crippen LogP contribution >= 0.6 is 12.4 Å². The normalized spacial score (nSPS) is 18.8. The number of hydrogen-bond acceptors (Lipinski definition) is 3. The molecule has 27 heavy (non-hydrogen) atoms. The number of piperidine rings is 1. The topological polar surface area (TPSA) is 87.5 Å². The molecule has 1 fully saturated rings. The third kappa shape index (κ3) is 7.03. The van der Waals surface area contributed by atoms with Crippen molar-refractivity contribution in [1.82, 2.24) is 10.2 Å². The van der Waals surface area contributed by atoms with E-state index in [9.17, 15) is 9.59 Å². The Balaban J connectivity index is 0.00000364. The number of carbonyl (C=O) groups excluding carboxylic acids is 2. The zero-order valence-corrected chi connectivity index (χ0v) is 17.4. The zero-order chi connectivity index (χ0) is 19.2. The molecule has 2 rings (SSSR count). The van der Waals surface area contributed by atoms with Gasteiger partial charge in [0, 0.05) is 25.3 Å². The number of nitrogens with two attached hydrogens (primary N) is 1. The zero-order valence-electron chi connectivity index (χ0n) is 16.6. The molecule has 7 heteroatoms. The van der Waals surface area contributed by atoms with Crippen LogP contribution in [0.1, 0.15) is 45.1 Å². The van der Waals surface area contributed by atoms with Gasteiger partial charge in [0.1, 0.15) is 0 Å². The fourth-order valence-corrected chi connectivity index (χ4v) is 3.45. The van der Waals surface area contributed by atoms with Gasteiger partial charge in [-0.1, -0.05) is 31.0 Å². The lowest BCUT2D eigenvalue weighted by Crippen LogP contribution is -2.56. The van der Waals surface area contributed by atoms with Crippen LogP contribution in [-0.4, -0.2) is 42.0 Å². The molecule has 0 bridgehead atoms. The van der Waals surface area contributed by atoms with E-state index in [2.05, 4.69) is 10.6 Å². The minimum Gasteiger partial charge on any atom is -0.341 e. The van der Waals surface area contributed by atoms with Crippen molar-refractivity contribution in [1.29, 1.82) is 0 Å². The van der Waals surface area contributed by atoms with Gasteiger partial charge in [-0.15, -0.1) is 12.4 Å². The summed E-state index contributed by atoms with van der Waals surface area (Å²) in [6, 6.07) is 7.46. The number of likely N-dealkylation sites (tertiary alicyclic amines) is 1. The van der Waals surface area contributed by atoms with E-state index in [-0.39, 0.29) is 30.3 Å². The van der Waals surface area contributed by atoms with Gasteiger partial charge < -0.3 is 21.3 Å². The highest BCUT2D eigenvalue weighted by Gasteiger charge is 2.34. The predicted octanol–water partition coefficient (Wildman–Crippen LogP) is 3.29. The molecule has 1 aliphatic rings. The van der Waals surface area contributed by atoms with E-state index in [4.69, 9.17) is 5.73 Å². The molecule has 1 aromatic rings. The molecule has 0 saturated carbocycles. The fraction of sp³-hybridized carbons (Fsp3) is 0.600. The number of urea groups is 1. The quantitative estimate of drug-likeness (QED) is 0.689. The number of rotatable bonds is 6. The number of hydrogen-bond donors (Lipinski definition) is 3. The molecule has 1 heterocycles. The van der Waals surface area contributed by atoms with Gasteiger partial charge in [-0.2, -0.15) is 0 Å². The standard InChI is InChI=1S/C20H32N4O2.ClH/c1-4-11-20(3,21)18(25)24-12-5-6-16(14-24)13-22-19(26)23-17-9-7-15(2)8-10-17;/h7-10,16H,4-6,11-14,21H2,1-3H3,(H2,22,23,26);1H. The summed E-state index contributed by atoms with van der Waals surface area (Å²) in [6.45, 7) is 7.81. The van der Waals surface area contributed by atoms with Crippen molar-refractivity contribution < 1.29 is 9.59 Å². The van der Waals surface area contributed by atoms with Crippen LogP contribution in [0.2, 0.25) is 0 Å². The fourth-order valence-electron chi connectivity index (χ4n) is 3.45. The summed E-state index contributed by atoms with van der Waals surface area (Å²) in [5, 5.41) is 5.75. The van der Waals surface area contributed by atoms with Crippen LogP contribution in [0.15, 0.2) is 24.3 Å². The number of carbonyl (C=O) groups is 2. The first kappa shape index (κ1) is 23.2. The van der Waals surface area contributed by atoms with E-state index in [1.54, 1.807) is 0 Å². The van der Waals surface area contributed by atoms with Crippen LogP contribution in [0.4, 0.5) is 10.5 Å². The summed E-state index contributed by atoms with van der Waals surface area (Å²) in [4.78, 5) is 26.6. The number of halogens is 1. The van der Waals surface area contributed by atoms with Gasteiger partial charge in [-0.3, -0.25) is 4.79 Å². The number of aryl methyl sites for hydroxylation is 1. The van der Waals surface area contributed by atoms with Gasteiger partial charge in [0.2, 0.25) is 5.91 Å². The molecular formula is C20H33ClN4O2. The van der Waals surface area contributed by atoms with Crippen LogP contribution in [0.3, 0.4) is 0 Å². The molecule has 4 N–H and O–H groups in total. The lowest BCUT2D eigenvalue weighted by atomic mass is 9.92. The Morgan fingerprint density at radius 3 is 2.59 bits per heavy atom. The average molecular weight is 397 g/mol. The maximum absolute atomic E-state index is 12.7. The van der Waals surface area contributed by atoms with Gasteiger partial charge in [0.05, 0.1) is 5.54 Å². The SMILES string of the molecule is CCCC(C)(N)C(=O)N1CCCC(CNC(=O)Nc2ccc(C)cc2)C1.Cl. The molecule has 152 valence electrons. The van der Waals surface area contributed by atoms with E-state index in [0.29, 0.717) is 19.5 Å². The third-order valence-electron chi connectivity index (χ3n) is 4.92. The van der Waals surface area contributed by atoms with Crippen molar-refractivity contribution in [2.45, 2.75) is 52.0 Å². The van der Waals surface area contributed by atoms with Crippen LogP contribution in [0.25, 0.3) is 0 Å². The van der Waals surface area contributed by atoms with Crippen molar-refractivity contribution in [3.63, 3.8) is 0 Å². The second-order valence-electron chi connectivity index (χ2n) is 7.63. The molecule has 2 unspecified atom stereocenters. The number of nitrogens with one attached hydrogen (secondary N) is 2. The number of anilines is 1. The van der Waals surface area contributed by atoms with Crippen molar-refractivity contribution in [3.05, 3.63) is 29.8 Å². The highest BCUT2D eigenvalue weighted by molar-refractivity contribution is 5.89. The molecule has 1 aromatic carbocycles. The minimum absolute atomic E-state index is 0. The second-order valence-corrected chi connectivity index (χ2v) is 7.63. The van der Waals surface area contributed by atoms with Gasteiger partial charge in [0.25, 0.3) is 0 Å². The molecule has 0 aliphatic carbocycles. The predicted molar refractivity (Wildman–Crippen MR) is 112 cm³/mol. The Labute approximate surface area is 168 Å². The molecule has 1 saturated heterocycles. The Morgan fingerprint density at radius 2 is 1.96 bits per heavy atom. The van der Waals surface area contributed by atoms with E-state index < -0.39 is 5.54 Å². The maximum atomic E-state index is 12.7. The second kappa shape index (κ2) is 10.5. The van der Waals surface area contributed by atoms with E-state index in [1.165, 1.54) is 0 Å².